The first-order valence-electron chi connectivity index (χ1n) is 7.60. The normalized spacial score (nSPS) is 10.4. The third-order valence-electron chi connectivity index (χ3n) is 3.75. The fourth-order valence-corrected chi connectivity index (χ4v) is 3.38. The van der Waals surface area contributed by atoms with Gasteiger partial charge in [-0.2, -0.15) is 0 Å². The summed E-state index contributed by atoms with van der Waals surface area (Å²) in [6.45, 7) is 0. The lowest BCUT2D eigenvalue weighted by atomic mass is 10.0. The van der Waals surface area contributed by atoms with Crippen LogP contribution >= 0.6 is 39.7 Å². The van der Waals surface area contributed by atoms with Gasteiger partial charge in [0, 0.05) is 22.2 Å². The number of halogens is 2. The number of fused-ring (bicyclic) bond motifs is 1. The fraction of sp³-hybridized carbons (Fsp3) is 0. The molecule has 0 radical (unpaired) electrons. The van der Waals surface area contributed by atoms with E-state index in [-0.39, 0.29) is 21.5 Å². The monoisotopic (exact) mass is 463 g/mol. The van der Waals surface area contributed by atoms with Crippen LogP contribution in [0.5, 0.6) is 0 Å². The van der Waals surface area contributed by atoms with Crippen LogP contribution in [0.1, 0.15) is 10.4 Å². The number of hydrogen-bond acceptors (Lipinski definition) is 4. The van der Waals surface area contributed by atoms with Gasteiger partial charge in [-0.1, -0.05) is 51.8 Å². The summed E-state index contributed by atoms with van der Waals surface area (Å²) in [5, 5.41) is 18.1. The Morgan fingerprint density at radius 2 is 1.81 bits per heavy atom. The second-order valence-corrected chi connectivity index (χ2v) is 7.14. The van der Waals surface area contributed by atoms with Crippen molar-refractivity contribution in [3.63, 3.8) is 0 Å². The average molecular weight is 465 g/mol. The van der Waals surface area contributed by atoms with Crippen LogP contribution in [0.25, 0.3) is 10.8 Å². The number of amides is 1. The molecule has 3 rings (SSSR count). The Balaban J connectivity index is 1.81. The van der Waals surface area contributed by atoms with Crippen molar-refractivity contribution in [1.29, 1.82) is 0 Å². The molecule has 136 valence electrons. The summed E-state index contributed by atoms with van der Waals surface area (Å²) in [7, 11) is 0. The van der Waals surface area contributed by atoms with E-state index in [9.17, 15) is 14.9 Å². The zero-order valence-corrected chi connectivity index (χ0v) is 16.7. The van der Waals surface area contributed by atoms with Gasteiger partial charge in [-0.15, -0.1) is 0 Å². The number of nitro groups is 1. The Hall–Kier alpha value is -2.55. The molecule has 2 N–H and O–H groups in total. The van der Waals surface area contributed by atoms with E-state index in [1.54, 1.807) is 12.1 Å². The lowest BCUT2D eigenvalue weighted by Gasteiger charge is -2.12. The van der Waals surface area contributed by atoms with Crippen LogP contribution in [0.15, 0.2) is 59.1 Å². The van der Waals surface area contributed by atoms with Gasteiger partial charge in [-0.3, -0.25) is 20.2 Å². The molecule has 0 aliphatic rings. The number of carbonyl (C=O) groups excluding carboxylic acids is 1. The van der Waals surface area contributed by atoms with E-state index in [0.29, 0.717) is 5.56 Å². The number of thiocarbonyl (C=S) groups is 1. The van der Waals surface area contributed by atoms with Crippen molar-refractivity contribution in [2.24, 2.45) is 0 Å². The summed E-state index contributed by atoms with van der Waals surface area (Å²) >= 11 is 14.6. The first-order valence-corrected chi connectivity index (χ1v) is 9.18. The van der Waals surface area contributed by atoms with Gasteiger partial charge >= 0.3 is 0 Å². The number of non-ortho nitro benzene ring substituents is 1. The van der Waals surface area contributed by atoms with Gasteiger partial charge in [0.15, 0.2) is 5.11 Å². The molecular weight excluding hydrogens is 454 g/mol. The molecule has 27 heavy (non-hydrogen) atoms. The van der Waals surface area contributed by atoms with Crippen molar-refractivity contribution in [1.82, 2.24) is 5.32 Å². The molecule has 0 saturated carbocycles. The van der Waals surface area contributed by atoms with E-state index in [4.69, 9.17) is 23.8 Å². The molecule has 0 saturated heterocycles. The molecule has 0 aromatic heterocycles. The molecule has 0 bridgehead atoms. The number of carbonyl (C=O) groups is 1. The van der Waals surface area contributed by atoms with Crippen LogP contribution in [-0.4, -0.2) is 15.9 Å². The van der Waals surface area contributed by atoms with Crippen LogP contribution in [0.4, 0.5) is 11.4 Å². The molecular formula is C18H11BrClN3O3S. The highest BCUT2D eigenvalue weighted by atomic mass is 79.9. The average Bonchev–Trinajstić information content (AvgIpc) is 2.63. The summed E-state index contributed by atoms with van der Waals surface area (Å²) in [5.41, 5.74) is 0.537. The zero-order chi connectivity index (χ0) is 19.6. The number of nitrogens with one attached hydrogen (secondary N) is 2. The van der Waals surface area contributed by atoms with Gasteiger partial charge in [0.05, 0.1) is 15.6 Å². The van der Waals surface area contributed by atoms with E-state index in [1.807, 2.05) is 24.3 Å². The molecule has 6 nitrogen and oxygen atoms in total. The van der Waals surface area contributed by atoms with Crippen LogP contribution in [-0.2, 0) is 0 Å². The first-order chi connectivity index (χ1) is 12.9. The maximum Gasteiger partial charge on any atom is 0.271 e. The quantitative estimate of drug-likeness (QED) is 0.312. The predicted molar refractivity (Wildman–Crippen MR) is 113 cm³/mol. The molecule has 9 heteroatoms. The zero-order valence-electron chi connectivity index (χ0n) is 13.5. The van der Waals surface area contributed by atoms with Crippen LogP contribution in [0.3, 0.4) is 0 Å². The van der Waals surface area contributed by atoms with Crippen molar-refractivity contribution < 1.29 is 9.72 Å². The smallest absolute Gasteiger partial charge is 0.271 e. The SMILES string of the molecule is O=C(NC(=S)Nc1cc([N+](=O)[O-])ccc1Cl)c1cccc2c(Br)cccc12. The molecule has 0 heterocycles. The van der Waals surface area contributed by atoms with Crippen molar-refractivity contribution in [2.75, 3.05) is 5.32 Å². The van der Waals surface area contributed by atoms with Gasteiger partial charge in [0.25, 0.3) is 11.6 Å². The molecule has 0 unspecified atom stereocenters. The second-order valence-electron chi connectivity index (χ2n) is 5.47. The first kappa shape index (κ1) is 19.2. The lowest BCUT2D eigenvalue weighted by molar-refractivity contribution is -0.384. The highest BCUT2D eigenvalue weighted by Crippen LogP contribution is 2.28. The topological polar surface area (TPSA) is 84.3 Å². The molecule has 0 aliphatic heterocycles. The molecule has 1 amide bonds. The third-order valence-corrected chi connectivity index (χ3v) is 4.97. The van der Waals surface area contributed by atoms with Crippen molar-refractivity contribution in [3.8, 4) is 0 Å². The number of benzene rings is 3. The van der Waals surface area contributed by atoms with E-state index >= 15 is 0 Å². The Morgan fingerprint density at radius 1 is 1.11 bits per heavy atom. The maximum atomic E-state index is 12.6. The van der Waals surface area contributed by atoms with E-state index < -0.39 is 10.8 Å². The summed E-state index contributed by atoms with van der Waals surface area (Å²) < 4.78 is 0.874. The van der Waals surface area contributed by atoms with Crippen LogP contribution in [0, 0.1) is 10.1 Å². The Labute approximate surface area is 172 Å². The molecule has 0 aliphatic carbocycles. The van der Waals surface area contributed by atoms with Gasteiger partial charge in [0.2, 0.25) is 0 Å². The van der Waals surface area contributed by atoms with E-state index in [0.717, 1.165) is 15.2 Å². The van der Waals surface area contributed by atoms with Crippen molar-refractivity contribution >= 4 is 72.9 Å². The number of rotatable bonds is 3. The minimum Gasteiger partial charge on any atom is -0.331 e. The van der Waals surface area contributed by atoms with Crippen LogP contribution in [0.2, 0.25) is 5.02 Å². The highest BCUT2D eigenvalue weighted by molar-refractivity contribution is 9.10. The van der Waals surface area contributed by atoms with Gasteiger partial charge in [-0.05, 0) is 41.2 Å². The minimum atomic E-state index is -0.545. The second kappa shape index (κ2) is 7.99. The van der Waals surface area contributed by atoms with Gasteiger partial charge < -0.3 is 5.32 Å². The molecule has 3 aromatic carbocycles. The largest absolute Gasteiger partial charge is 0.331 e. The Morgan fingerprint density at radius 3 is 2.56 bits per heavy atom. The number of hydrogen-bond donors (Lipinski definition) is 2. The van der Waals surface area contributed by atoms with E-state index in [1.165, 1.54) is 18.2 Å². The number of nitro benzene ring substituents is 1. The molecule has 3 aromatic rings. The number of anilines is 1. The third kappa shape index (κ3) is 4.24. The van der Waals surface area contributed by atoms with Crippen LogP contribution < -0.4 is 10.6 Å². The standard InChI is InChI=1S/C18H11BrClN3O3S/c19-14-6-2-3-11-12(14)4-1-5-13(11)17(24)22-18(27)21-16-9-10(23(25)26)7-8-15(16)20/h1-9H,(H2,21,22,24,27). The summed E-state index contributed by atoms with van der Waals surface area (Å²) in [6, 6.07) is 14.8. The van der Waals surface area contributed by atoms with Crippen molar-refractivity contribution in [3.05, 3.63) is 79.8 Å². The molecule has 0 spiro atoms. The Kier molecular flexibility index (Phi) is 5.69. The van der Waals surface area contributed by atoms with Gasteiger partial charge in [-0.25, -0.2) is 0 Å². The lowest BCUT2D eigenvalue weighted by Crippen LogP contribution is -2.34. The minimum absolute atomic E-state index is 0.0191. The molecule has 0 atom stereocenters. The summed E-state index contributed by atoms with van der Waals surface area (Å²) in [5.74, 6) is -0.405. The van der Waals surface area contributed by atoms with Gasteiger partial charge in [0.1, 0.15) is 0 Å². The number of nitrogens with zero attached hydrogens (tertiary/aromatic N) is 1. The van der Waals surface area contributed by atoms with Crippen molar-refractivity contribution in [2.45, 2.75) is 0 Å². The fourth-order valence-electron chi connectivity index (χ4n) is 2.52. The predicted octanol–water partition coefficient (Wildman–Crippen LogP) is 5.29. The summed E-state index contributed by atoms with van der Waals surface area (Å²) in [6.07, 6.45) is 0. The maximum absolute atomic E-state index is 12.6. The summed E-state index contributed by atoms with van der Waals surface area (Å²) in [4.78, 5) is 23.0. The molecule has 0 fully saturated rings. The van der Waals surface area contributed by atoms with E-state index in [2.05, 4.69) is 26.6 Å². The Bertz CT molecular complexity index is 1090. The highest BCUT2D eigenvalue weighted by Gasteiger charge is 2.15.